The molecule has 0 radical (unpaired) electrons. The highest BCUT2D eigenvalue weighted by molar-refractivity contribution is 6.30. The van der Waals surface area contributed by atoms with Crippen LogP contribution in [0.3, 0.4) is 0 Å². The minimum atomic E-state index is -0.766. The Bertz CT molecular complexity index is 1040. The molecule has 2 aromatic rings. The van der Waals surface area contributed by atoms with Crippen LogP contribution in [0.15, 0.2) is 36.5 Å². The third-order valence-electron chi connectivity index (χ3n) is 5.22. The topological polar surface area (TPSA) is 110 Å². The number of methoxy groups -OCH3 is 1. The maximum atomic E-state index is 13.0. The molecule has 0 unspecified atom stereocenters. The molecule has 0 aliphatic carbocycles. The van der Waals surface area contributed by atoms with E-state index in [1.165, 1.54) is 26.3 Å². The monoisotopic (exact) mass is 521 g/mol. The lowest BCUT2D eigenvalue weighted by atomic mass is 10.0. The number of carbonyl (C=O) groups is 3. The fourth-order valence-corrected chi connectivity index (χ4v) is 3.50. The summed E-state index contributed by atoms with van der Waals surface area (Å²) in [5, 5.41) is 0.590. The maximum absolute atomic E-state index is 13.0. The summed E-state index contributed by atoms with van der Waals surface area (Å²) in [5.41, 5.74) is -0.0414. The van der Waals surface area contributed by atoms with Gasteiger partial charge in [0.1, 0.15) is 18.0 Å². The number of pyridine rings is 1. The van der Waals surface area contributed by atoms with E-state index >= 15 is 0 Å². The molecule has 0 fully saturated rings. The van der Waals surface area contributed by atoms with Crippen molar-refractivity contribution in [3.8, 4) is 17.2 Å². The number of aromatic nitrogens is 1. The van der Waals surface area contributed by atoms with Crippen molar-refractivity contribution in [1.29, 1.82) is 0 Å². The van der Waals surface area contributed by atoms with Crippen LogP contribution in [-0.4, -0.2) is 48.8 Å². The van der Waals surface area contributed by atoms with E-state index in [4.69, 9.17) is 35.3 Å². The van der Waals surface area contributed by atoms with Crippen molar-refractivity contribution in [2.75, 3.05) is 13.9 Å². The number of halogens is 1. The molecule has 1 aromatic heterocycles. The number of hydrogen-bond acceptors (Lipinski definition) is 9. The molecule has 0 amide bonds. The molecular formula is C26H32ClNO8. The van der Waals surface area contributed by atoms with Crippen LogP contribution in [0.1, 0.15) is 51.5 Å². The van der Waals surface area contributed by atoms with Crippen LogP contribution >= 0.6 is 11.6 Å². The van der Waals surface area contributed by atoms with Gasteiger partial charge in [-0.1, -0.05) is 32.4 Å². The van der Waals surface area contributed by atoms with Crippen molar-refractivity contribution >= 4 is 29.3 Å². The van der Waals surface area contributed by atoms with Gasteiger partial charge < -0.3 is 23.7 Å². The molecule has 0 aliphatic rings. The van der Waals surface area contributed by atoms with Crippen molar-refractivity contribution in [3.63, 3.8) is 0 Å². The van der Waals surface area contributed by atoms with E-state index in [-0.39, 0.29) is 29.5 Å². The summed E-state index contributed by atoms with van der Waals surface area (Å²) < 4.78 is 27.1. The predicted molar refractivity (Wildman–Crippen MR) is 132 cm³/mol. The van der Waals surface area contributed by atoms with Gasteiger partial charge in [-0.15, -0.1) is 0 Å². The van der Waals surface area contributed by atoms with Gasteiger partial charge in [-0.2, -0.15) is 0 Å². The normalized spacial score (nSPS) is 13.3. The summed E-state index contributed by atoms with van der Waals surface area (Å²) in [6.07, 6.45) is 0.208. The third kappa shape index (κ3) is 8.41. The Hall–Kier alpha value is -3.33. The Morgan fingerprint density at radius 1 is 1.03 bits per heavy atom. The first-order valence-electron chi connectivity index (χ1n) is 11.5. The molecule has 3 atom stereocenters. The average Bonchev–Trinajstić information content (AvgIpc) is 2.82. The second kappa shape index (κ2) is 13.7. The van der Waals surface area contributed by atoms with Gasteiger partial charge in [-0.05, 0) is 37.1 Å². The number of rotatable bonds is 13. The lowest BCUT2D eigenvalue weighted by Crippen LogP contribution is -2.38. The fraction of sp³-hybridized carbons (Fsp3) is 0.462. The Labute approximate surface area is 216 Å². The Morgan fingerprint density at radius 3 is 2.28 bits per heavy atom. The molecule has 0 aliphatic heterocycles. The lowest BCUT2D eigenvalue weighted by Gasteiger charge is -2.29. The number of Topliss-reactive ketones (excluding diaryl/α,β-unsaturated/α-hetero) is 1. The summed E-state index contributed by atoms with van der Waals surface area (Å²) >= 11 is 5.94. The number of benzene rings is 1. The Morgan fingerprint density at radius 2 is 1.69 bits per heavy atom. The molecular weight excluding hydrogens is 490 g/mol. The number of hydrogen-bond donors (Lipinski definition) is 0. The molecule has 1 aromatic carbocycles. The van der Waals surface area contributed by atoms with Gasteiger partial charge in [0.2, 0.25) is 6.79 Å². The molecule has 0 saturated heterocycles. The first-order chi connectivity index (χ1) is 17.0. The maximum Gasteiger partial charge on any atom is 0.309 e. The molecule has 0 saturated carbocycles. The zero-order valence-corrected chi connectivity index (χ0v) is 22.0. The number of ketones is 1. The number of nitrogens with zero attached hydrogens (tertiary/aromatic N) is 1. The largest absolute Gasteiger partial charge is 0.493 e. The predicted octanol–water partition coefficient (Wildman–Crippen LogP) is 4.89. The van der Waals surface area contributed by atoms with Crippen molar-refractivity contribution in [3.05, 3.63) is 47.2 Å². The smallest absolute Gasteiger partial charge is 0.309 e. The third-order valence-corrected chi connectivity index (χ3v) is 5.47. The van der Waals surface area contributed by atoms with E-state index in [0.29, 0.717) is 10.8 Å². The SMILES string of the molecule is COc1ccnc(C(=O)C[C@@H](C)C(=O)O[C@@H](C)[C@H](Oc2ccc(Cl)cc2)C(C)C)c1OCOC(C)=O. The molecule has 10 heteroatoms. The molecule has 1 heterocycles. The summed E-state index contributed by atoms with van der Waals surface area (Å²) in [6, 6.07) is 8.43. The van der Waals surface area contributed by atoms with Crippen molar-refractivity contribution in [2.45, 2.75) is 53.2 Å². The van der Waals surface area contributed by atoms with Crippen molar-refractivity contribution in [2.24, 2.45) is 11.8 Å². The van der Waals surface area contributed by atoms with E-state index in [0.717, 1.165) is 0 Å². The highest BCUT2D eigenvalue weighted by Gasteiger charge is 2.30. The van der Waals surface area contributed by atoms with Gasteiger partial charge >= 0.3 is 11.9 Å². The van der Waals surface area contributed by atoms with Crippen LogP contribution in [0.2, 0.25) is 5.02 Å². The molecule has 2 rings (SSSR count). The van der Waals surface area contributed by atoms with Crippen molar-refractivity contribution in [1.82, 2.24) is 4.98 Å². The van der Waals surface area contributed by atoms with E-state index in [1.54, 1.807) is 38.1 Å². The summed E-state index contributed by atoms with van der Waals surface area (Å²) in [5.74, 6) is -1.41. The summed E-state index contributed by atoms with van der Waals surface area (Å²) in [4.78, 5) is 40.9. The van der Waals surface area contributed by atoms with Crippen LogP contribution in [0, 0.1) is 11.8 Å². The van der Waals surface area contributed by atoms with Crippen LogP contribution in [0.25, 0.3) is 0 Å². The standard InChI is InChI=1S/C26H32ClNO8/c1-15(2)24(36-20-9-7-19(27)8-10-20)17(4)35-26(31)16(3)13-21(30)23-25(34-14-33-18(5)29)22(32-6)11-12-28-23/h7-12,15-17,24H,13-14H2,1-6H3/t16-,17+,24-/m1/s1. The number of esters is 2. The summed E-state index contributed by atoms with van der Waals surface area (Å²) in [6.45, 7) is 8.08. The molecule has 0 bridgehead atoms. The van der Waals surface area contributed by atoms with Gasteiger partial charge in [-0.3, -0.25) is 14.4 Å². The van der Waals surface area contributed by atoms with Gasteiger partial charge in [0.15, 0.2) is 23.0 Å². The van der Waals surface area contributed by atoms with E-state index in [1.807, 2.05) is 13.8 Å². The van der Waals surface area contributed by atoms with Crippen LogP contribution < -0.4 is 14.2 Å². The quantitative estimate of drug-likeness (QED) is 0.207. The summed E-state index contributed by atoms with van der Waals surface area (Å²) in [7, 11) is 1.40. The second-order valence-electron chi connectivity index (χ2n) is 8.54. The van der Waals surface area contributed by atoms with Gasteiger partial charge in [0.05, 0.1) is 13.0 Å². The molecule has 9 nitrogen and oxygen atoms in total. The number of ether oxygens (including phenoxy) is 5. The van der Waals surface area contributed by atoms with Gasteiger partial charge in [-0.25, -0.2) is 4.98 Å². The Balaban J connectivity index is 2.06. The second-order valence-corrected chi connectivity index (χ2v) is 8.98. The minimum absolute atomic E-state index is 0.0245. The molecule has 0 spiro atoms. The first kappa shape index (κ1) is 28.9. The van der Waals surface area contributed by atoms with Gasteiger partial charge in [0.25, 0.3) is 0 Å². The fourth-order valence-electron chi connectivity index (χ4n) is 3.37. The van der Waals surface area contributed by atoms with E-state index in [2.05, 4.69) is 4.98 Å². The van der Waals surface area contributed by atoms with E-state index in [9.17, 15) is 14.4 Å². The highest BCUT2D eigenvalue weighted by Crippen LogP contribution is 2.31. The van der Waals surface area contributed by atoms with Gasteiger partial charge in [0, 0.05) is 30.6 Å². The van der Waals surface area contributed by atoms with E-state index < -0.39 is 42.6 Å². The molecule has 36 heavy (non-hydrogen) atoms. The number of carbonyl (C=O) groups excluding carboxylic acids is 3. The van der Waals surface area contributed by atoms with Crippen LogP contribution in [0.5, 0.6) is 17.2 Å². The zero-order valence-electron chi connectivity index (χ0n) is 21.3. The van der Waals surface area contributed by atoms with Crippen LogP contribution in [-0.2, 0) is 19.1 Å². The lowest BCUT2D eigenvalue weighted by molar-refractivity contribution is -0.158. The first-order valence-corrected chi connectivity index (χ1v) is 11.9. The van der Waals surface area contributed by atoms with Crippen molar-refractivity contribution < 1.29 is 38.1 Å². The van der Waals surface area contributed by atoms with Crippen LogP contribution in [0.4, 0.5) is 0 Å². The molecule has 0 N–H and O–H groups in total. The molecule has 196 valence electrons. The zero-order chi connectivity index (χ0) is 26.8. The average molecular weight is 522 g/mol. The Kier molecular flexibility index (Phi) is 11.0. The highest BCUT2D eigenvalue weighted by atomic mass is 35.5. The minimum Gasteiger partial charge on any atom is -0.493 e.